The van der Waals surface area contributed by atoms with Crippen molar-refractivity contribution in [1.82, 2.24) is 19.8 Å². The molecular weight excluding hydrogens is 264 g/mol. The van der Waals surface area contributed by atoms with E-state index in [1.54, 1.807) is 7.05 Å². The van der Waals surface area contributed by atoms with Crippen molar-refractivity contribution in [2.24, 2.45) is 7.05 Å². The van der Waals surface area contributed by atoms with Crippen LogP contribution in [0.5, 0.6) is 0 Å². The van der Waals surface area contributed by atoms with E-state index in [-0.39, 0.29) is 11.1 Å². The Labute approximate surface area is 124 Å². The first-order valence-corrected chi connectivity index (χ1v) is 7.43. The zero-order valence-electron chi connectivity index (χ0n) is 13.3. The van der Waals surface area contributed by atoms with Gasteiger partial charge in [0.15, 0.2) is 0 Å². The lowest BCUT2D eigenvalue weighted by atomic mass is 9.82. The average molecular weight is 286 g/mol. The van der Waals surface area contributed by atoms with Gasteiger partial charge >= 0.3 is 5.69 Å². The smallest absolute Gasteiger partial charge is 0.244 e. The minimum absolute atomic E-state index is 0.0345. The maximum atomic E-state index is 12.2. The highest BCUT2D eigenvalue weighted by Crippen LogP contribution is 2.44. The van der Waals surface area contributed by atoms with Crippen LogP contribution in [-0.2, 0) is 12.5 Å². The Morgan fingerprint density at radius 1 is 1.19 bits per heavy atom. The Hall–Kier alpha value is -1.91. The van der Waals surface area contributed by atoms with Crippen LogP contribution in [0.2, 0.25) is 0 Å². The molecule has 0 N–H and O–H groups in total. The summed E-state index contributed by atoms with van der Waals surface area (Å²) in [7, 11) is 1.63. The second-order valence-electron chi connectivity index (χ2n) is 7.05. The van der Waals surface area contributed by atoms with Crippen molar-refractivity contribution in [1.29, 1.82) is 0 Å². The van der Waals surface area contributed by atoms with E-state index in [0.717, 1.165) is 5.69 Å². The average Bonchev–Trinajstić information content (AvgIpc) is 3.17. The maximum Gasteiger partial charge on any atom is 0.368 e. The number of hydrogen-bond acceptors (Lipinski definition) is 3. The van der Waals surface area contributed by atoms with Gasteiger partial charge in [-0.05, 0) is 64.3 Å². The molecule has 1 aliphatic rings. The van der Waals surface area contributed by atoms with E-state index < -0.39 is 0 Å². The quantitative estimate of drug-likeness (QED) is 0.852. The number of nitrogens with zero attached hydrogens (tertiary/aromatic N) is 4. The predicted octanol–water partition coefficient (Wildman–Crippen LogP) is 2.45. The van der Waals surface area contributed by atoms with Gasteiger partial charge in [0.2, 0.25) is 0 Å². The van der Waals surface area contributed by atoms with Crippen LogP contribution in [0.4, 0.5) is 0 Å². The second-order valence-corrected chi connectivity index (χ2v) is 7.05. The van der Waals surface area contributed by atoms with Crippen molar-refractivity contribution in [2.45, 2.75) is 51.9 Å². The molecule has 0 amide bonds. The molecule has 0 spiro atoms. The monoisotopic (exact) mass is 286 g/mol. The Morgan fingerprint density at radius 2 is 1.86 bits per heavy atom. The van der Waals surface area contributed by atoms with Crippen LogP contribution in [-0.4, -0.2) is 19.8 Å². The molecule has 0 unspecified atom stereocenters. The molecule has 2 aromatic rings. The van der Waals surface area contributed by atoms with E-state index in [4.69, 9.17) is 0 Å². The summed E-state index contributed by atoms with van der Waals surface area (Å²) < 4.78 is 2.70. The molecule has 1 heterocycles. The SMILES string of the molecule is Cc1cc(C2CC2)c(-n2nnn(C)c2=O)cc1C(C)(C)C. The first kappa shape index (κ1) is 14.0. The molecule has 1 aromatic heterocycles. The van der Waals surface area contributed by atoms with Crippen molar-refractivity contribution in [2.75, 3.05) is 0 Å². The van der Waals surface area contributed by atoms with Crippen LogP contribution in [0.1, 0.15) is 56.2 Å². The molecule has 1 saturated carbocycles. The summed E-state index contributed by atoms with van der Waals surface area (Å²) in [4.78, 5) is 12.2. The first-order valence-electron chi connectivity index (χ1n) is 7.43. The molecule has 0 bridgehead atoms. The summed E-state index contributed by atoms with van der Waals surface area (Å²) in [6.45, 7) is 8.72. The number of aryl methyl sites for hydroxylation is 2. The zero-order valence-corrected chi connectivity index (χ0v) is 13.3. The Kier molecular flexibility index (Phi) is 3.04. The van der Waals surface area contributed by atoms with E-state index in [1.165, 1.54) is 38.9 Å². The Bertz CT molecular complexity index is 745. The number of hydrogen-bond donors (Lipinski definition) is 0. The van der Waals surface area contributed by atoms with Gasteiger partial charge in [0.25, 0.3) is 0 Å². The Balaban J connectivity index is 2.26. The van der Waals surface area contributed by atoms with Crippen LogP contribution in [0, 0.1) is 6.92 Å². The van der Waals surface area contributed by atoms with Crippen molar-refractivity contribution in [3.05, 3.63) is 39.3 Å². The van der Waals surface area contributed by atoms with Crippen LogP contribution < -0.4 is 5.69 Å². The van der Waals surface area contributed by atoms with Crippen molar-refractivity contribution in [3.63, 3.8) is 0 Å². The lowest BCUT2D eigenvalue weighted by molar-refractivity contribution is 0.584. The maximum absolute atomic E-state index is 12.2. The minimum atomic E-state index is -0.194. The van der Waals surface area contributed by atoms with Crippen molar-refractivity contribution in [3.8, 4) is 5.69 Å². The fourth-order valence-corrected chi connectivity index (χ4v) is 2.90. The van der Waals surface area contributed by atoms with Gasteiger partial charge in [0.1, 0.15) is 0 Å². The topological polar surface area (TPSA) is 52.7 Å². The molecule has 1 aliphatic carbocycles. The second kappa shape index (κ2) is 4.55. The summed E-state index contributed by atoms with van der Waals surface area (Å²) in [5.74, 6) is 0.557. The van der Waals surface area contributed by atoms with Crippen LogP contribution in [0.15, 0.2) is 16.9 Å². The van der Waals surface area contributed by atoms with Crippen LogP contribution >= 0.6 is 0 Å². The number of benzene rings is 1. The summed E-state index contributed by atoms with van der Waals surface area (Å²) in [5, 5.41) is 7.87. The van der Waals surface area contributed by atoms with Crippen LogP contribution in [0.25, 0.3) is 5.69 Å². The summed E-state index contributed by atoms with van der Waals surface area (Å²) in [5.41, 5.74) is 4.49. The zero-order chi connectivity index (χ0) is 15.4. The standard InChI is InChI=1S/C16H22N4O/c1-10-8-12(11-6-7-11)14(9-13(10)16(2,3)4)20-15(21)19(5)17-18-20/h8-9,11H,6-7H2,1-5H3. The third-order valence-corrected chi connectivity index (χ3v) is 4.15. The van der Waals surface area contributed by atoms with E-state index in [2.05, 4.69) is 50.3 Å². The largest absolute Gasteiger partial charge is 0.368 e. The van der Waals surface area contributed by atoms with Crippen molar-refractivity contribution >= 4 is 0 Å². The third kappa shape index (κ3) is 2.41. The van der Waals surface area contributed by atoms with Gasteiger partial charge in [-0.3, -0.25) is 0 Å². The summed E-state index contributed by atoms with van der Waals surface area (Å²) in [6, 6.07) is 4.35. The molecule has 21 heavy (non-hydrogen) atoms. The molecule has 3 rings (SSSR count). The van der Waals surface area contributed by atoms with Gasteiger partial charge in [-0.15, -0.1) is 0 Å². The molecule has 0 aliphatic heterocycles. The van der Waals surface area contributed by atoms with Crippen LogP contribution in [0.3, 0.4) is 0 Å². The number of aromatic nitrogens is 4. The summed E-state index contributed by atoms with van der Waals surface area (Å²) >= 11 is 0. The number of rotatable bonds is 2. The molecule has 1 fully saturated rings. The molecule has 0 radical (unpaired) electrons. The molecule has 0 saturated heterocycles. The molecule has 5 nitrogen and oxygen atoms in total. The fourth-order valence-electron chi connectivity index (χ4n) is 2.90. The van der Waals surface area contributed by atoms with Gasteiger partial charge in [-0.25, -0.2) is 4.79 Å². The van der Waals surface area contributed by atoms with Crippen molar-refractivity contribution < 1.29 is 0 Å². The first-order chi connectivity index (χ1) is 9.79. The van der Waals surface area contributed by atoms with E-state index in [9.17, 15) is 4.79 Å². The van der Waals surface area contributed by atoms with E-state index >= 15 is 0 Å². The number of tetrazole rings is 1. The van der Waals surface area contributed by atoms with Gasteiger partial charge in [0, 0.05) is 7.05 Å². The van der Waals surface area contributed by atoms with Gasteiger partial charge in [-0.1, -0.05) is 26.8 Å². The lowest BCUT2D eigenvalue weighted by Gasteiger charge is -2.24. The normalized spacial score (nSPS) is 15.5. The molecule has 5 heteroatoms. The highest BCUT2D eigenvalue weighted by atomic mass is 16.2. The Morgan fingerprint density at radius 3 is 2.33 bits per heavy atom. The van der Waals surface area contributed by atoms with E-state index in [1.807, 2.05) is 0 Å². The molecule has 112 valence electrons. The highest BCUT2D eigenvalue weighted by molar-refractivity contribution is 5.51. The highest BCUT2D eigenvalue weighted by Gasteiger charge is 2.30. The van der Waals surface area contributed by atoms with Gasteiger partial charge in [0.05, 0.1) is 5.69 Å². The lowest BCUT2D eigenvalue weighted by Crippen LogP contribution is -2.24. The van der Waals surface area contributed by atoms with Gasteiger partial charge in [-0.2, -0.15) is 9.36 Å². The molecule has 1 aromatic carbocycles. The van der Waals surface area contributed by atoms with E-state index in [0.29, 0.717) is 5.92 Å². The predicted molar refractivity (Wildman–Crippen MR) is 82.0 cm³/mol. The molecule has 0 atom stereocenters. The van der Waals surface area contributed by atoms with Gasteiger partial charge < -0.3 is 0 Å². The fraction of sp³-hybridized carbons (Fsp3) is 0.562. The third-order valence-electron chi connectivity index (χ3n) is 4.15. The summed E-state index contributed by atoms with van der Waals surface area (Å²) in [6.07, 6.45) is 2.38. The minimum Gasteiger partial charge on any atom is -0.244 e. The molecular formula is C16H22N4O.